The highest BCUT2D eigenvalue weighted by Crippen LogP contribution is 2.19. The molecule has 2 rings (SSSR count). The van der Waals surface area contributed by atoms with Gasteiger partial charge >= 0.3 is 0 Å². The van der Waals surface area contributed by atoms with Gasteiger partial charge in [-0.05, 0) is 43.5 Å². The van der Waals surface area contributed by atoms with E-state index in [2.05, 4.69) is 5.32 Å². The van der Waals surface area contributed by atoms with Crippen LogP contribution in [0.3, 0.4) is 0 Å². The summed E-state index contributed by atoms with van der Waals surface area (Å²) in [5, 5.41) is 3.39. The Balaban J connectivity index is 1.70. The third kappa shape index (κ3) is 4.10. The lowest BCUT2D eigenvalue weighted by atomic mass is 10.0. The molecule has 1 aliphatic rings. The fraction of sp³-hybridized carbons (Fsp3) is 0.500. The molecule has 1 fully saturated rings. The summed E-state index contributed by atoms with van der Waals surface area (Å²) in [6.45, 7) is 1.28. The summed E-state index contributed by atoms with van der Waals surface area (Å²) in [5.74, 6) is 0.428. The van der Waals surface area contributed by atoms with Gasteiger partial charge in [0.1, 0.15) is 12.4 Å². The molecule has 0 aliphatic carbocycles. The SMILES string of the molecule is NC1(C(=O)NCCOc2ccc(Cl)cc2)CCCCO1. The summed E-state index contributed by atoms with van der Waals surface area (Å²) in [5.41, 5.74) is 4.74. The van der Waals surface area contributed by atoms with E-state index in [0.29, 0.717) is 37.0 Å². The molecule has 5 nitrogen and oxygen atoms in total. The first-order valence-corrected chi connectivity index (χ1v) is 7.07. The van der Waals surface area contributed by atoms with Crippen LogP contribution >= 0.6 is 11.6 Å². The van der Waals surface area contributed by atoms with Crippen LogP contribution in [0.5, 0.6) is 5.75 Å². The molecule has 3 N–H and O–H groups in total. The molecule has 1 aromatic carbocycles. The number of hydrogen-bond donors (Lipinski definition) is 2. The minimum atomic E-state index is -1.18. The van der Waals surface area contributed by atoms with Gasteiger partial charge in [0.2, 0.25) is 0 Å². The van der Waals surface area contributed by atoms with E-state index < -0.39 is 5.72 Å². The van der Waals surface area contributed by atoms with Gasteiger partial charge in [-0.3, -0.25) is 10.5 Å². The molecule has 0 spiro atoms. The number of nitrogens with two attached hydrogens (primary N) is 1. The zero-order valence-corrected chi connectivity index (χ0v) is 12.0. The summed E-state index contributed by atoms with van der Waals surface area (Å²) >= 11 is 5.78. The molecular formula is C14H19ClN2O3. The topological polar surface area (TPSA) is 73.6 Å². The number of ether oxygens (including phenoxy) is 2. The van der Waals surface area contributed by atoms with Gasteiger partial charge in [-0.2, -0.15) is 0 Å². The van der Waals surface area contributed by atoms with Crippen LogP contribution in [0.25, 0.3) is 0 Å². The van der Waals surface area contributed by atoms with Gasteiger partial charge in [0.15, 0.2) is 5.72 Å². The molecule has 1 heterocycles. The van der Waals surface area contributed by atoms with Crippen molar-refractivity contribution in [2.45, 2.75) is 25.0 Å². The van der Waals surface area contributed by atoms with E-state index in [0.717, 1.165) is 12.8 Å². The molecule has 0 bridgehead atoms. The fourth-order valence-corrected chi connectivity index (χ4v) is 2.14. The van der Waals surface area contributed by atoms with Crippen molar-refractivity contribution in [3.05, 3.63) is 29.3 Å². The number of hydrogen-bond acceptors (Lipinski definition) is 4. The Labute approximate surface area is 123 Å². The Morgan fingerprint density at radius 2 is 2.15 bits per heavy atom. The van der Waals surface area contributed by atoms with Gasteiger partial charge < -0.3 is 14.8 Å². The smallest absolute Gasteiger partial charge is 0.267 e. The van der Waals surface area contributed by atoms with Crippen molar-refractivity contribution >= 4 is 17.5 Å². The van der Waals surface area contributed by atoms with Crippen molar-refractivity contribution in [2.24, 2.45) is 5.73 Å². The van der Waals surface area contributed by atoms with Gasteiger partial charge in [-0.15, -0.1) is 0 Å². The van der Waals surface area contributed by atoms with Crippen LogP contribution in [0, 0.1) is 0 Å². The number of nitrogens with one attached hydrogen (secondary N) is 1. The fourth-order valence-electron chi connectivity index (χ4n) is 2.01. The Kier molecular flexibility index (Phi) is 5.23. The van der Waals surface area contributed by atoms with Crippen molar-refractivity contribution in [1.29, 1.82) is 0 Å². The molecule has 1 aromatic rings. The monoisotopic (exact) mass is 298 g/mol. The van der Waals surface area contributed by atoms with Gasteiger partial charge in [-0.25, -0.2) is 0 Å². The summed E-state index contributed by atoms with van der Waals surface area (Å²) in [7, 11) is 0. The van der Waals surface area contributed by atoms with E-state index >= 15 is 0 Å². The zero-order chi connectivity index (χ0) is 14.4. The molecule has 1 unspecified atom stereocenters. The number of benzene rings is 1. The molecule has 1 saturated heterocycles. The van der Waals surface area contributed by atoms with Crippen LogP contribution in [0.15, 0.2) is 24.3 Å². The van der Waals surface area contributed by atoms with E-state index in [1.54, 1.807) is 24.3 Å². The lowest BCUT2D eigenvalue weighted by molar-refractivity contribution is -0.152. The molecule has 0 aromatic heterocycles. The van der Waals surface area contributed by atoms with Crippen LogP contribution in [0.1, 0.15) is 19.3 Å². The second-order valence-electron chi connectivity index (χ2n) is 4.75. The van der Waals surface area contributed by atoms with Crippen LogP contribution in [0.2, 0.25) is 5.02 Å². The summed E-state index contributed by atoms with van der Waals surface area (Å²) in [6.07, 6.45) is 2.41. The predicted molar refractivity (Wildman–Crippen MR) is 76.7 cm³/mol. The minimum Gasteiger partial charge on any atom is -0.492 e. The number of carbonyl (C=O) groups is 1. The predicted octanol–water partition coefficient (Wildman–Crippen LogP) is 1.69. The molecule has 6 heteroatoms. The normalized spacial score (nSPS) is 22.3. The maximum absolute atomic E-state index is 11.9. The van der Waals surface area contributed by atoms with Crippen molar-refractivity contribution in [3.8, 4) is 5.75 Å². The highest BCUT2D eigenvalue weighted by atomic mass is 35.5. The Morgan fingerprint density at radius 3 is 2.80 bits per heavy atom. The number of amides is 1. The van der Waals surface area contributed by atoms with Gasteiger partial charge in [0.25, 0.3) is 5.91 Å². The van der Waals surface area contributed by atoms with Crippen molar-refractivity contribution < 1.29 is 14.3 Å². The van der Waals surface area contributed by atoms with Crippen LogP contribution in [-0.2, 0) is 9.53 Å². The average molecular weight is 299 g/mol. The highest BCUT2D eigenvalue weighted by Gasteiger charge is 2.36. The number of halogens is 1. The maximum Gasteiger partial charge on any atom is 0.267 e. The first-order valence-electron chi connectivity index (χ1n) is 6.70. The quantitative estimate of drug-likeness (QED) is 0.811. The largest absolute Gasteiger partial charge is 0.492 e. The Bertz CT molecular complexity index is 444. The number of carbonyl (C=O) groups excluding carboxylic acids is 1. The molecule has 0 radical (unpaired) electrons. The molecule has 1 atom stereocenters. The minimum absolute atomic E-state index is 0.281. The third-order valence-electron chi connectivity index (χ3n) is 3.16. The molecule has 1 aliphatic heterocycles. The van der Waals surface area contributed by atoms with Crippen LogP contribution < -0.4 is 15.8 Å². The van der Waals surface area contributed by atoms with Crippen LogP contribution in [-0.4, -0.2) is 31.4 Å². The highest BCUT2D eigenvalue weighted by molar-refractivity contribution is 6.30. The lowest BCUT2D eigenvalue weighted by Crippen LogP contribution is -2.57. The second-order valence-corrected chi connectivity index (χ2v) is 5.19. The summed E-state index contributed by atoms with van der Waals surface area (Å²) in [4.78, 5) is 11.9. The molecule has 20 heavy (non-hydrogen) atoms. The molecular weight excluding hydrogens is 280 g/mol. The summed E-state index contributed by atoms with van der Waals surface area (Å²) in [6, 6.07) is 7.05. The van der Waals surface area contributed by atoms with E-state index in [1.807, 2.05) is 0 Å². The van der Waals surface area contributed by atoms with Gasteiger partial charge in [0.05, 0.1) is 6.54 Å². The Hall–Kier alpha value is -1.30. The third-order valence-corrected chi connectivity index (χ3v) is 3.41. The Morgan fingerprint density at radius 1 is 1.40 bits per heavy atom. The van der Waals surface area contributed by atoms with Crippen molar-refractivity contribution in [1.82, 2.24) is 5.32 Å². The first kappa shape index (κ1) is 15.1. The van der Waals surface area contributed by atoms with E-state index in [-0.39, 0.29) is 5.91 Å². The van der Waals surface area contributed by atoms with E-state index in [4.69, 9.17) is 26.8 Å². The van der Waals surface area contributed by atoms with Crippen molar-refractivity contribution in [2.75, 3.05) is 19.8 Å². The van der Waals surface area contributed by atoms with E-state index in [1.165, 1.54) is 0 Å². The van der Waals surface area contributed by atoms with Crippen LogP contribution in [0.4, 0.5) is 0 Å². The van der Waals surface area contributed by atoms with Crippen molar-refractivity contribution in [3.63, 3.8) is 0 Å². The second kappa shape index (κ2) is 6.92. The average Bonchev–Trinajstić information content (AvgIpc) is 2.46. The lowest BCUT2D eigenvalue weighted by Gasteiger charge is -2.31. The van der Waals surface area contributed by atoms with Gasteiger partial charge in [-0.1, -0.05) is 11.6 Å². The standard InChI is InChI=1S/C14H19ClN2O3/c15-11-3-5-12(6-4-11)19-10-8-17-13(18)14(16)7-1-2-9-20-14/h3-6H,1-2,7-10,16H2,(H,17,18). The van der Waals surface area contributed by atoms with Gasteiger partial charge in [0, 0.05) is 11.6 Å². The first-order chi connectivity index (χ1) is 9.60. The molecule has 110 valence electrons. The van der Waals surface area contributed by atoms with E-state index in [9.17, 15) is 4.79 Å². The number of rotatable bonds is 5. The summed E-state index contributed by atoms with van der Waals surface area (Å²) < 4.78 is 10.8. The zero-order valence-electron chi connectivity index (χ0n) is 11.2. The molecule has 1 amide bonds. The maximum atomic E-state index is 11.9. The molecule has 0 saturated carbocycles.